The second-order valence-electron chi connectivity index (χ2n) is 5.55. The van der Waals surface area contributed by atoms with Crippen LogP contribution in [0.1, 0.15) is 37.6 Å². The first-order valence-electron chi connectivity index (χ1n) is 8.48. The summed E-state index contributed by atoms with van der Waals surface area (Å²) in [7, 11) is 4.21. The molecule has 1 rings (SSSR count). The summed E-state index contributed by atoms with van der Waals surface area (Å²) < 4.78 is 5.36. The lowest BCUT2D eigenvalue weighted by Crippen LogP contribution is -2.38. The Labute approximate surface area is 168 Å². The van der Waals surface area contributed by atoms with Crippen molar-refractivity contribution in [2.24, 2.45) is 4.99 Å². The zero-order valence-corrected chi connectivity index (χ0v) is 18.5. The normalized spacial score (nSPS) is 12.8. The zero-order valence-electron chi connectivity index (χ0n) is 15.4. The maximum Gasteiger partial charge on any atom is 0.191 e. The highest BCUT2D eigenvalue weighted by Gasteiger charge is 2.14. The topological polar surface area (TPSA) is 48.9 Å². The molecule has 0 amide bonds. The van der Waals surface area contributed by atoms with Gasteiger partial charge in [-0.3, -0.25) is 4.99 Å². The van der Waals surface area contributed by atoms with E-state index >= 15 is 0 Å². The highest BCUT2D eigenvalue weighted by Crippen LogP contribution is 2.23. The quantitative estimate of drug-likeness (QED) is 0.226. The van der Waals surface area contributed by atoms with E-state index in [4.69, 9.17) is 9.73 Å². The fraction of sp³-hybridized carbons (Fsp3) is 0.706. The summed E-state index contributed by atoms with van der Waals surface area (Å²) in [6, 6.07) is 4.60. The summed E-state index contributed by atoms with van der Waals surface area (Å²) in [6.45, 7) is 8.31. The molecule has 2 N–H and O–H groups in total. The standard InChI is InChI=1S/C17H32N4OS.HI/c1-5-18-17(19-11-7-8-12-22-6-2)20-14-15(21(3)4)16-10-9-13-23-16;/h9-10,13,15H,5-8,11-12,14H2,1-4H3,(H2,18,19,20);1H. The Bertz CT molecular complexity index is 426. The van der Waals surface area contributed by atoms with Crippen molar-refractivity contribution in [3.8, 4) is 0 Å². The lowest BCUT2D eigenvalue weighted by molar-refractivity contribution is 0.143. The summed E-state index contributed by atoms with van der Waals surface area (Å²) in [5, 5.41) is 8.84. The number of nitrogens with one attached hydrogen (secondary N) is 2. The van der Waals surface area contributed by atoms with Crippen molar-refractivity contribution in [3.05, 3.63) is 22.4 Å². The van der Waals surface area contributed by atoms with Crippen molar-refractivity contribution < 1.29 is 4.74 Å². The summed E-state index contributed by atoms with van der Waals surface area (Å²) in [5.74, 6) is 0.896. The lowest BCUT2D eigenvalue weighted by Gasteiger charge is -2.22. The maximum absolute atomic E-state index is 5.36. The highest BCUT2D eigenvalue weighted by atomic mass is 127. The summed E-state index contributed by atoms with van der Waals surface area (Å²) in [5.41, 5.74) is 0. The van der Waals surface area contributed by atoms with E-state index in [0.29, 0.717) is 6.04 Å². The van der Waals surface area contributed by atoms with Gasteiger partial charge in [0.15, 0.2) is 5.96 Å². The van der Waals surface area contributed by atoms with Crippen molar-refractivity contribution in [1.29, 1.82) is 0 Å². The SMILES string of the molecule is CCNC(=NCC(c1cccs1)N(C)C)NCCCCOCC.I. The number of rotatable bonds is 11. The van der Waals surface area contributed by atoms with Gasteiger partial charge >= 0.3 is 0 Å². The van der Waals surface area contributed by atoms with Gasteiger partial charge in [0.05, 0.1) is 12.6 Å². The average molecular weight is 468 g/mol. The molecular formula is C17H33IN4OS. The number of aliphatic imine (C=N–C) groups is 1. The van der Waals surface area contributed by atoms with Gasteiger partial charge in [0.25, 0.3) is 0 Å². The van der Waals surface area contributed by atoms with Gasteiger partial charge in [-0.25, -0.2) is 0 Å². The molecule has 0 saturated heterocycles. The van der Waals surface area contributed by atoms with Crippen LogP contribution in [-0.2, 0) is 4.74 Å². The number of guanidine groups is 1. The molecule has 0 spiro atoms. The van der Waals surface area contributed by atoms with Gasteiger partial charge in [-0.2, -0.15) is 0 Å². The van der Waals surface area contributed by atoms with E-state index in [9.17, 15) is 0 Å². The Morgan fingerprint density at radius 2 is 2.08 bits per heavy atom. The number of hydrogen-bond donors (Lipinski definition) is 2. The fourth-order valence-corrected chi connectivity index (χ4v) is 3.10. The summed E-state index contributed by atoms with van der Waals surface area (Å²) in [4.78, 5) is 8.33. The molecular weight excluding hydrogens is 435 g/mol. The Morgan fingerprint density at radius 1 is 1.29 bits per heavy atom. The molecule has 1 atom stereocenters. The average Bonchev–Trinajstić information content (AvgIpc) is 3.04. The van der Waals surface area contributed by atoms with E-state index in [0.717, 1.165) is 51.6 Å². The molecule has 1 aromatic rings. The highest BCUT2D eigenvalue weighted by molar-refractivity contribution is 14.0. The minimum atomic E-state index is 0. The van der Waals surface area contributed by atoms with E-state index in [1.807, 2.05) is 6.92 Å². The number of hydrogen-bond acceptors (Lipinski definition) is 4. The number of thiophene rings is 1. The summed E-state index contributed by atoms with van der Waals surface area (Å²) >= 11 is 1.79. The molecule has 0 fully saturated rings. The van der Waals surface area contributed by atoms with Crippen molar-refractivity contribution >= 4 is 41.3 Å². The second kappa shape index (κ2) is 14.9. The Kier molecular flexibility index (Phi) is 14.7. The number of ether oxygens (including phenoxy) is 1. The van der Waals surface area contributed by atoms with Gasteiger partial charge in [0.1, 0.15) is 0 Å². The van der Waals surface area contributed by atoms with Crippen LogP contribution >= 0.6 is 35.3 Å². The number of likely N-dealkylation sites (N-methyl/N-ethyl adjacent to an activating group) is 1. The molecule has 0 bridgehead atoms. The Hall–Kier alpha value is -0.380. The van der Waals surface area contributed by atoms with Crippen molar-refractivity contribution in [1.82, 2.24) is 15.5 Å². The Morgan fingerprint density at radius 3 is 2.67 bits per heavy atom. The minimum Gasteiger partial charge on any atom is -0.382 e. The van der Waals surface area contributed by atoms with Crippen LogP contribution in [0.3, 0.4) is 0 Å². The van der Waals surface area contributed by atoms with E-state index < -0.39 is 0 Å². The van der Waals surface area contributed by atoms with E-state index in [-0.39, 0.29) is 24.0 Å². The fourth-order valence-electron chi connectivity index (χ4n) is 2.19. The smallest absolute Gasteiger partial charge is 0.191 e. The largest absolute Gasteiger partial charge is 0.382 e. The monoisotopic (exact) mass is 468 g/mol. The van der Waals surface area contributed by atoms with Crippen LogP contribution in [-0.4, -0.2) is 57.8 Å². The van der Waals surface area contributed by atoms with Gasteiger partial charge in [0, 0.05) is 31.2 Å². The van der Waals surface area contributed by atoms with Crippen LogP contribution < -0.4 is 10.6 Å². The summed E-state index contributed by atoms with van der Waals surface area (Å²) in [6.07, 6.45) is 2.17. The Balaban J connectivity index is 0.00000529. The number of unbranched alkanes of at least 4 members (excludes halogenated alkanes) is 1. The molecule has 0 radical (unpaired) electrons. The molecule has 1 heterocycles. The van der Waals surface area contributed by atoms with Crippen molar-refractivity contribution in [3.63, 3.8) is 0 Å². The van der Waals surface area contributed by atoms with Crippen molar-refractivity contribution in [2.75, 3.05) is 46.9 Å². The van der Waals surface area contributed by atoms with Gasteiger partial charge in [-0.15, -0.1) is 35.3 Å². The van der Waals surface area contributed by atoms with Crippen LogP contribution in [0.25, 0.3) is 0 Å². The molecule has 24 heavy (non-hydrogen) atoms. The third-order valence-corrected chi connectivity index (χ3v) is 4.45. The molecule has 1 unspecified atom stereocenters. The lowest BCUT2D eigenvalue weighted by atomic mass is 10.2. The number of halogens is 1. The third-order valence-electron chi connectivity index (χ3n) is 3.47. The van der Waals surface area contributed by atoms with Gasteiger partial charge in [-0.1, -0.05) is 6.07 Å². The molecule has 5 nitrogen and oxygen atoms in total. The second-order valence-corrected chi connectivity index (χ2v) is 6.52. The maximum atomic E-state index is 5.36. The zero-order chi connectivity index (χ0) is 16.9. The van der Waals surface area contributed by atoms with E-state index in [1.54, 1.807) is 11.3 Å². The minimum absolute atomic E-state index is 0. The van der Waals surface area contributed by atoms with Gasteiger partial charge in [-0.05, 0) is 52.2 Å². The first-order chi connectivity index (χ1) is 11.2. The van der Waals surface area contributed by atoms with Crippen LogP contribution in [0.2, 0.25) is 0 Å². The van der Waals surface area contributed by atoms with Crippen LogP contribution in [0.5, 0.6) is 0 Å². The van der Waals surface area contributed by atoms with E-state index in [2.05, 4.69) is 54.1 Å². The predicted molar refractivity (Wildman–Crippen MR) is 116 cm³/mol. The molecule has 7 heteroatoms. The number of nitrogens with zero attached hydrogens (tertiary/aromatic N) is 2. The molecule has 1 aromatic heterocycles. The molecule has 140 valence electrons. The van der Waals surface area contributed by atoms with Crippen LogP contribution in [0, 0.1) is 0 Å². The van der Waals surface area contributed by atoms with Crippen molar-refractivity contribution in [2.45, 2.75) is 32.7 Å². The third kappa shape index (κ3) is 9.80. The molecule has 0 saturated carbocycles. The molecule has 0 aliphatic heterocycles. The van der Waals surface area contributed by atoms with Crippen LogP contribution in [0.4, 0.5) is 0 Å². The van der Waals surface area contributed by atoms with E-state index in [1.165, 1.54) is 4.88 Å². The first-order valence-corrected chi connectivity index (χ1v) is 9.36. The first kappa shape index (κ1) is 23.6. The van der Waals surface area contributed by atoms with Gasteiger partial charge < -0.3 is 20.3 Å². The molecule has 0 aliphatic rings. The molecule has 0 aromatic carbocycles. The predicted octanol–water partition coefficient (Wildman–Crippen LogP) is 3.34. The van der Waals surface area contributed by atoms with Gasteiger partial charge in [0.2, 0.25) is 0 Å². The van der Waals surface area contributed by atoms with Crippen LogP contribution in [0.15, 0.2) is 22.5 Å². The molecule has 0 aliphatic carbocycles.